The van der Waals surface area contributed by atoms with Gasteiger partial charge in [-0.05, 0) is 54.8 Å². The van der Waals surface area contributed by atoms with E-state index in [2.05, 4.69) is 10.6 Å². The second-order valence-electron chi connectivity index (χ2n) is 6.97. The SMILES string of the molecule is O=C(CNC(=O)c1ccc(F)cc1)NCc1ccc(N2CCC(O)CC2)c(F)c1. The van der Waals surface area contributed by atoms with Gasteiger partial charge in [-0.15, -0.1) is 0 Å². The molecule has 1 fully saturated rings. The molecule has 1 saturated heterocycles. The number of halogens is 2. The number of anilines is 1. The van der Waals surface area contributed by atoms with Gasteiger partial charge >= 0.3 is 0 Å². The Hall–Kier alpha value is -3.00. The van der Waals surface area contributed by atoms with E-state index in [9.17, 15) is 23.5 Å². The lowest BCUT2D eigenvalue weighted by Gasteiger charge is -2.31. The van der Waals surface area contributed by atoms with Gasteiger partial charge in [-0.2, -0.15) is 0 Å². The van der Waals surface area contributed by atoms with Crippen molar-refractivity contribution in [3.05, 3.63) is 65.2 Å². The summed E-state index contributed by atoms with van der Waals surface area (Å²) in [6.45, 7) is 1.08. The molecule has 2 amide bonds. The molecule has 1 aliphatic rings. The van der Waals surface area contributed by atoms with Gasteiger partial charge in [-0.3, -0.25) is 9.59 Å². The van der Waals surface area contributed by atoms with Crippen molar-refractivity contribution in [2.75, 3.05) is 24.5 Å². The maximum atomic E-state index is 14.4. The van der Waals surface area contributed by atoms with Crippen molar-refractivity contribution in [2.24, 2.45) is 0 Å². The summed E-state index contributed by atoms with van der Waals surface area (Å²) in [5.41, 5.74) is 1.34. The Bertz CT molecular complexity index is 866. The number of carbonyl (C=O) groups excluding carboxylic acids is 2. The van der Waals surface area contributed by atoms with Crippen LogP contribution in [0.15, 0.2) is 42.5 Å². The zero-order valence-electron chi connectivity index (χ0n) is 15.8. The number of hydrogen-bond acceptors (Lipinski definition) is 4. The summed E-state index contributed by atoms with van der Waals surface area (Å²) >= 11 is 0. The van der Waals surface area contributed by atoms with Crippen molar-refractivity contribution < 1.29 is 23.5 Å². The fourth-order valence-corrected chi connectivity index (χ4v) is 3.15. The lowest BCUT2D eigenvalue weighted by molar-refractivity contribution is -0.120. The molecule has 2 aromatic rings. The van der Waals surface area contributed by atoms with E-state index in [1.807, 2.05) is 4.90 Å². The van der Waals surface area contributed by atoms with Crippen molar-refractivity contribution in [1.29, 1.82) is 0 Å². The number of rotatable bonds is 6. The fourth-order valence-electron chi connectivity index (χ4n) is 3.15. The number of benzene rings is 2. The number of amides is 2. The van der Waals surface area contributed by atoms with Crippen LogP contribution < -0.4 is 15.5 Å². The number of nitrogens with zero attached hydrogens (tertiary/aromatic N) is 1. The summed E-state index contributed by atoms with van der Waals surface area (Å²) in [4.78, 5) is 25.7. The molecule has 3 N–H and O–H groups in total. The summed E-state index contributed by atoms with van der Waals surface area (Å²) in [5, 5.41) is 14.6. The van der Waals surface area contributed by atoms with Crippen LogP contribution in [0.5, 0.6) is 0 Å². The molecule has 29 heavy (non-hydrogen) atoms. The van der Waals surface area contributed by atoms with Gasteiger partial charge in [0, 0.05) is 25.2 Å². The molecule has 0 unspecified atom stereocenters. The molecule has 0 spiro atoms. The minimum absolute atomic E-state index is 0.126. The normalized spacial score (nSPS) is 14.5. The number of nitrogens with one attached hydrogen (secondary N) is 2. The first-order chi connectivity index (χ1) is 13.9. The van der Waals surface area contributed by atoms with Crippen molar-refractivity contribution in [1.82, 2.24) is 10.6 Å². The Labute approximate surface area is 167 Å². The lowest BCUT2D eigenvalue weighted by atomic mass is 10.1. The highest BCUT2D eigenvalue weighted by Crippen LogP contribution is 2.24. The van der Waals surface area contributed by atoms with Gasteiger partial charge in [0.2, 0.25) is 5.91 Å². The minimum Gasteiger partial charge on any atom is -0.393 e. The van der Waals surface area contributed by atoms with Crippen LogP contribution >= 0.6 is 0 Å². The van der Waals surface area contributed by atoms with E-state index in [-0.39, 0.29) is 30.6 Å². The first-order valence-corrected chi connectivity index (χ1v) is 9.44. The molecule has 0 aromatic heterocycles. The molecule has 0 saturated carbocycles. The Balaban J connectivity index is 1.46. The number of aliphatic hydroxyl groups is 1. The van der Waals surface area contributed by atoms with Gasteiger partial charge in [0.25, 0.3) is 5.91 Å². The van der Waals surface area contributed by atoms with E-state index in [0.717, 1.165) is 0 Å². The molecule has 6 nitrogen and oxygen atoms in total. The lowest BCUT2D eigenvalue weighted by Crippen LogP contribution is -2.37. The molecule has 0 aliphatic carbocycles. The smallest absolute Gasteiger partial charge is 0.251 e. The molecule has 0 bridgehead atoms. The second-order valence-corrected chi connectivity index (χ2v) is 6.97. The molecular weight excluding hydrogens is 380 g/mol. The van der Waals surface area contributed by atoms with Crippen LogP contribution in [0.2, 0.25) is 0 Å². The summed E-state index contributed by atoms with van der Waals surface area (Å²) in [7, 11) is 0. The van der Waals surface area contributed by atoms with E-state index < -0.39 is 17.6 Å². The largest absolute Gasteiger partial charge is 0.393 e. The summed E-state index contributed by atoms with van der Waals surface area (Å²) < 4.78 is 27.3. The number of piperidine rings is 1. The Morgan fingerprint density at radius 3 is 2.38 bits per heavy atom. The van der Waals surface area contributed by atoms with E-state index >= 15 is 0 Å². The molecule has 1 aliphatic heterocycles. The van der Waals surface area contributed by atoms with Gasteiger partial charge in [0.05, 0.1) is 18.3 Å². The van der Waals surface area contributed by atoms with Gasteiger partial charge < -0.3 is 20.6 Å². The van der Waals surface area contributed by atoms with E-state index in [1.54, 1.807) is 12.1 Å². The predicted octanol–water partition coefficient (Wildman–Crippen LogP) is 1.97. The van der Waals surface area contributed by atoms with Crippen LogP contribution in [-0.2, 0) is 11.3 Å². The number of carbonyl (C=O) groups is 2. The Kier molecular flexibility index (Phi) is 6.77. The summed E-state index contributed by atoms with van der Waals surface area (Å²) in [6.07, 6.45) is 0.897. The molecule has 2 aromatic carbocycles. The van der Waals surface area contributed by atoms with E-state index in [1.165, 1.54) is 30.3 Å². The maximum Gasteiger partial charge on any atom is 0.251 e. The van der Waals surface area contributed by atoms with Crippen LogP contribution in [0.3, 0.4) is 0 Å². The highest BCUT2D eigenvalue weighted by Gasteiger charge is 2.19. The van der Waals surface area contributed by atoms with Crippen LogP contribution in [0.4, 0.5) is 14.5 Å². The first-order valence-electron chi connectivity index (χ1n) is 9.44. The van der Waals surface area contributed by atoms with Crippen molar-refractivity contribution in [3.63, 3.8) is 0 Å². The predicted molar refractivity (Wildman–Crippen MR) is 104 cm³/mol. The zero-order valence-corrected chi connectivity index (χ0v) is 15.8. The minimum atomic E-state index is -0.484. The van der Waals surface area contributed by atoms with Crippen LogP contribution in [-0.4, -0.2) is 42.7 Å². The van der Waals surface area contributed by atoms with Crippen molar-refractivity contribution in [2.45, 2.75) is 25.5 Å². The molecular formula is C21H23F2N3O3. The van der Waals surface area contributed by atoms with E-state index in [4.69, 9.17) is 0 Å². The second kappa shape index (κ2) is 9.47. The third kappa shape index (κ3) is 5.74. The fraction of sp³-hybridized carbons (Fsp3) is 0.333. The van der Waals surface area contributed by atoms with Crippen molar-refractivity contribution >= 4 is 17.5 Å². The average Bonchev–Trinajstić information content (AvgIpc) is 2.72. The third-order valence-electron chi connectivity index (χ3n) is 4.82. The maximum absolute atomic E-state index is 14.4. The average molecular weight is 403 g/mol. The van der Waals surface area contributed by atoms with Crippen molar-refractivity contribution in [3.8, 4) is 0 Å². The van der Waals surface area contributed by atoms with Gasteiger partial charge in [-0.25, -0.2) is 8.78 Å². The molecule has 0 radical (unpaired) electrons. The Morgan fingerprint density at radius 2 is 1.72 bits per heavy atom. The Morgan fingerprint density at radius 1 is 1.03 bits per heavy atom. The topological polar surface area (TPSA) is 81.7 Å². The number of hydrogen-bond donors (Lipinski definition) is 3. The number of aliphatic hydroxyl groups excluding tert-OH is 1. The molecule has 154 valence electrons. The zero-order chi connectivity index (χ0) is 20.8. The highest BCUT2D eigenvalue weighted by molar-refractivity contribution is 5.96. The van der Waals surface area contributed by atoms with Crippen LogP contribution in [0.25, 0.3) is 0 Å². The third-order valence-corrected chi connectivity index (χ3v) is 4.82. The van der Waals surface area contributed by atoms with Gasteiger partial charge in [0.1, 0.15) is 11.6 Å². The van der Waals surface area contributed by atoms with E-state index in [0.29, 0.717) is 37.2 Å². The molecule has 8 heteroatoms. The van der Waals surface area contributed by atoms with Crippen LogP contribution in [0.1, 0.15) is 28.8 Å². The first kappa shape index (κ1) is 20.7. The monoisotopic (exact) mass is 403 g/mol. The molecule has 3 rings (SSSR count). The molecule has 1 heterocycles. The summed E-state index contributed by atoms with van der Waals surface area (Å²) in [5.74, 6) is -1.73. The quantitative estimate of drug-likeness (QED) is 0.689. The summed E-state index contributed by atoms with van der Waals surface area (Å²) in [6, 6.07) is 9.77. The van der Waals surface area contributed by atoms with Crippen LogP contribution in [0, 0.1) is 11.6 Å². The van der Waals surface area contributed by atoms with Gasteiger partial charge in [0.15, 0.2) is 0 Å². The highest BCUT2D eigenvalue weighted by atomic mass is 19.1. The standard InChI is InChI=1S/C21H23F2N3O3/c22-16-4-2-15(3-5-16)21(29)25-13-20(28)24-12-14-1-6-19(18(23)11-14)26-9-7-17(27)8-10-26/h1-6,11,17,27H,7-10,12-13H2,(H,24,28)(H,25,29). The molecule has 0 atom stereocenters. The van der Waals surface area contributed by atoms with Gasteiger partial charge in [-0.1, -0.05) is 6.07 Å².